The van der Waals surface area contributed by atoms with E-state index in [1.165, 1.54) is 37.4 Å². The molecule has 29 heavy (non-hydrogen) atoms. The van der Waals surface area contributed by atoms with Crippen LogP contribution < -0.4 is 5.32 Å². The van der Waals surface area contributed by atoms with Gasteiger partial charge in [-0.2, -0.15) is 5.26 Å². The summed E-state index contributed by atoms with van der Waals surface area (Å²) in [5.74, 6) is 0.728. The predicted octanol–water partition coefficient (Wildman–Crippen LogP) is 3.92. The van der Waals surface area contributed by atoms with Crippen LogP contribution >= 0.6 is 11.8 Å². The van der Waals surface area contributed by atoms with Crippen LogP contribution in [0.15, 0.2) is 5.16 Å². The Morgan fingerprint density at radius 3 is 2.48 bits per heavy atom. The summed E-state index contributed by atoms with van der Waals surface area (Å²) in [5.41, 5.74) is 2.60. The van der Waals surface area contributed by atoms with Gasteiger partial charge in [-0.25, -0.2) is 4.68 Å². The smallest absolute Gasteiger partial charge is 0.235 e. The number of amides is 1. The van der Waals surface area contributed by atoms with E-state index < -0.39 is 0 Å². The molecule has 2 fully saturated rings. The molecule has 1 N–H and O–H groups in total. The molecule has 1 amide bonds. The molecule has 154 valence electrons. The lowest BCUT2D eigenvalue weighted by Gasteiger charge is -2.19. The van der Waals surface area contributed by atoms with E-state index in [2.05, 4.69) is 31.5 Å². The van der Waals surface area contributed by atoms with Crippen molar-refractivity contribution in [2.45, 2.75) is 82.5 Å². The van der Waals surface area contributed by atoms with Crippen molar-refractivity contribution in [3.8, 4) is 6.07 Å². The van der Waals surface area contributed by atoms with Crippen LogP contribution in [0, 0.1) is 25.2 Å². The molecule has 2 saturated carbocycles. The Bertz CT molecular complexity index is 930. The van der Waals surface area contributed by atoms with Gasteiger partial charge in [-0.15, -0.1) is 5.10 Å². The molecule has 9 heteroatoms. The maximum absolute atomic E-state index is 12.8. The van der Waals surface area contributed by atoms with Crippen molar-refractivity contribution in [3.63, 3.8) is 0 Å². The van der Waals surface area contributed by atoms with E-state index in [1.54, 1.807) is 0 Å². The van der Waals surface area contributed by atoms with Crippen LogP contribution in [0.25, 0.3) is 0 Å². The molecular formula is C20H27N7OS. The highest BCUT2D eigenvalue weighted by atomic mass is 32.2. The Morgan fingerprint density at radius 1 is 1.17 bits per heavy atom. The molecular weight excluding hydrogens is 386 g/mol. The van der Waals surface area contributed by atoms with Crippen molar-refractivity contribution in [1.29, 1.82) is 5.26 Å². The number of carbonyl (C=O) groups excluding carboxylic acids is 1. The van der Waals surface area contributed by atoms with E-state index in [0.717, 1.165) is 36.9 Å². The Labute approximate surface area is 175 Å². The normalized spacial score (nSPS) is 17.7. The molecule has 0 atom stereocenters. The quantitative estimate of drug-likeness (QED) is 0.720. The van der Waals surface area contributed by atoms with Crippen molar-refractivity contribution in [2.75, 3.05) is 11.1 Å². The Kier molecular flexibility index (Phi) is 5.90. The lowest BCUT2D eigenvalue weighted by molar-refractivity contribution is -0.113. The summed E-state index contributed by atoms with van der Waals surface area (Å²) in [6.45, 7) is 3.99. The van der Waals surface area contributed by atoms with E-state index in [-0.39, 0.29) is 11.7 Å². The van der Waals surface area contributed by atoms with Gasteiger partial charge in [0.1, 0.15) is 11.9 Å². The highest BCUT2D eigenvalue weighted by Gasteiger charge is 2.27. The number of nitrogens with zero attached hydrogens (tertiary/aromatic N) is 6. The fraction of sp³-hybridized carbons (Fsp3) is 0.650. The van der Waals surface area contributed by atoms with Crippen LogP contribution in [0.3, 0.4) is 0 Å². The van der Waals surface area contributed by atoms with Crippen molar-refractivity contribution in [2.24, 2.45) is 0 Å². The molecule has 0 radical (unpaired) electrons. The SMILES string of the molecule is Cc1c(C#N)c(NC(=O)CSc2nnnn2C2CCCC2)n(C2CCCC2)c1C. The number of nitrogens with one attached hydrogen (secondary N) is 1. The van der Waals surface area contributed by atoms with Crippen molar-refractivity contribution < 1.29 is 4.79 Å². The molecule has 0 aromatic carbocycles. The van der Waals surface area contributed by atoms with Crippen LogP contribution in [-0.2, 0) is 4.79 Å². The van der Waals surface area contributed by atoms with Crippen LogP contribution in [0.5, 0.6) is 0 Å². The number of hydrogen-bond donors (Lipinski definition) is 1. The monoisotopic (exact) mass is 413 g/mol. The number of nitriles is 1. The molecule has 0 bridgehead atoms. The van der Waals surface area contributed by atoms with Gasteiger partial charge in [0.2, 0.25) is 11.1 Å². The molecule has 2 aromatic rings. The third kappa shape index (κ3) is 3.90. The highest BCUT2D eigenvalue weighted by Crippen LogP contribution is 2.38. The van der Waals surface area contributed by atoms with Crippen molar-refractivity contribution in [3.05, 3.63) is 16.8 Å². The number of aromatic nitrogens is 5. The third-order valence-corrected chi connectivity index (χ3v) is 7.22. The summed E-state index contributed by atoms with van der Waals surface area (Å²) in [6.07, 6.45) is 9.13. The largest absolute Gasteiger partial charge is 0.327 e. The molecule has 2 heterocycles. The second-order valence-electron chi connectivity index (χ2n) is 8.04. The first kappa shape index (κ1) is 20.0. The van der Waals surface area contributed by atoms with Gasteiger partial charge in [0.25, 0.3) is 0 Å². The fourth-order valence-corrected chi connectivity index (χ4v) is 5.41. The van der Waals surface area contributed by atoms with Crippen molar-refractivity contribution in [1.82, 2.24) is 24.8 Å². The Hall–Kier alpha value is -2.34. The first-order valence-corrected chi connectivity index (χ1v) is 11.4. The van der Waals surface area contributed by atoms with Gasteiger partial charge in [-0.05, 0) is 55.5 Å². The molecule has 2 aliphatic rings. The Balaban J connectivity index is 1.48. The first-order chi connectivity index (χ1) is 14.1. The number of anilines is 1. The Morgan fingerprint density at radius 2 is 1.83 bits per heavy atom. The zero-order chi connectivity index (χ0) is 20.4. The number of thioether (sulfide) groups is 1. The topological polar surface area (TPSA) is 101 Å². The van der Waals surface area contributed by atoms with Crippen LogP contribution in [0.4, 0.5) is 5.82 Å². The van der Waals surface area contributed by atoms with Crippen LogP contribution in [0.1, 0.15) is 80.3 Å². The predicted molar refractivity (Wildman–Crippen MR) is 111 cm³/mol. The van der Waals surface area contributed by atoms with E-state index in [4.69, 9.17) is 0 Å². The second-order valence-corrected chi connectivity index (χ2v) is 8.98. The van der Waals surface area contributed by atoms with E-state index in [1.807, 2.05) is 18.5 Å². The number of tetrazole rings is 1. The number of hydrogen-bond acceptors (Lipinski definition) is 6. The third-order valence-electron chi connectivity index (χ3n) is 6.28. The summed E-state index contributed by atoms with van der Waals surface area (Å²) < 4.78 is 4.03. The minimum absolute atomic E-state index is 0.135. The van der Waals surface area contributed by atoms with E-state index >= 15 is 0 Å². The summed E-state index contributed by atoms with van der Waals surface area (Å²) >= 11 is 1.35. The zero-order valence-electron chi connectivity index (χ0n) is 17.0. The minimum atomic E-state index is -0.135. The molecule has 2 aromatic heterocycles. The average molecular weight is 414 g/mol. The number of rotatable bonds is 6. The van der Waals surface area contributed by atoms with Gasteiger partial charge in [0.05, 0.1) is 17.4 Å². The summed E-state index contributed by atoms with van der Waals surface area (Å²) in [4.78, 5) is 12.8. The zero-order valence-corrected chi connectivity index (χ0v) is 17.8. The van der Waals surface area contributed by atoms with Gasteiger partial charge in [-0.3, -0.25) is 4.79 Å². The second kappa shape index (κ2) is 8.57. The minimum Gasteiger partial charge on any atom is -0.327 e. The van der Waals surface area contributed by atoms with Crippen molar-refractivity contribution >= 4 is 23.5 Å². The standard InChI is InChI=1S/C20H27N7OS/c1-13-14(2)26(15-7-3-4-8-15)19(17(13)11-21)22-18(28)12-29-20-23-24-25-27(20)16-9-5-6-10-16/h15-16H,3-10,12H2,1-2H3,(H,22,28). The summed E-state index contributed by atoms with van der Waals surface area (Å²) in [7, 11) is 0. The van der Waals surface area contributed by atoms with Crippen LogP contribution in [0.2, 0.25) is 0 Å². The lowest BCUT2D eigenvalue weighted by atomic mass is 10.2. The molecule has 8 nitrogen and oxygen atoms in total. The maximum Gasteiger partial charge on any atom is 0.235 e. The van der Waals surface area contributed by atoms with Gasteiger partial charge in [0.15, 0.2) is 0 Å². The molecule has 0 saturated heterocycles. The molecule has 4 rings (SSSR count). The molecule has 0 spiro atoms. The highest BCUT2D eigenvalue weighted by molar-refractivity contribution is 7.99. The number of carbonyl (C=O) groups is 1. The average Bonchev–Trinajstić information content (AvgIpc) is 3.50. The van der Waals surface area contributed by atoms with E-state index in [9.17, 15) is 10.1 Å². The lowest BCUT2D eigenvalue weighted by Crippen LogP contribution is -2.20. The van der Waals surface area contributed by atoms with Gasteiger partial charge >= 0.3 is 0 Å². The molecule has 0 aliphatic heterocycles. The van der Waals surface area contributed by atoms with Gasteiger partial charge < -0.3 is 9.88 Å². The fourth-order valence-electron chi connectivity index (χ4n) is 4.66. The molecule has 2 aliphatic carbocycles. The summed E-state index contributed by atoms with van der Waals surface area (Å²) in [6, 6.07) is 2.98. The molecule has 0 unspecified atom stereocenters. The first-order valence-electron chi connectivity index (χ1n) is 10.4. The van der Waals surface area contributed by atoms with Crippen LogP contribution in [-0.4, -0.2) is 36.4 Å². The van der Waals surface area contributed by atoms with Gasteiger partial charge in [0, 0.05) is 11.7 Å². The van der Waals surface area contributed by atoms with E-state index in [0.29, 0.717) is 28.6 Å². The maximum atomic E-state index is 12.8. The summed E-state index contributed by atoms with van der Waals surface area (Å²) in [5, 5.41) is 25.4. The van der Waals surface area contributed by atoms with Gasteiger partial charge in [-0.1, -0.05) is 37.4 Å².